The van der Waals surface area contributed by atoms with Crippen LogP contribution >= 0.6 is 11.3 Å². The summed E-state index contributed by atoms with van der Waals surface area (Å²) < 4.78 is 5.27. The molecule has 3 N–H and O–H groups in total. The molecule has 1 aliphatic rings. The maximum absolute atomic E-state index is 12.9. The summed E-state index contributed by atoms with van der Waals surface area (Å²) in [6.45, 7) is 5.86. The number of thiophene rings is 1. The lowest BCUT2D eigenvalue weighted by Crippen LogP contribution is -2.51. The molecule has 0 aliphatic carbocycles. The van der Waals surface area contributed by atoms with E-state index in [0.717, 1.165) is 9.75 Å². The van der Waals surface area contributed by atoms with Crippen LogP contribution in [0, 0.1) is 12.8 Å². The maximum atomic E-state index is 12.9. The van der Waals surface area contributed by atoms with Crippen LogP contribution in [0.25, 0.3) is 0 Å². The highest BCUT2D eigenvalue weighted by Gasteiger charge is 2.38. The van der Waals surface area contributed by atoms with E-state index in [2.05, 4.69) is 22.5 Å². The fraction of sp³-hybridized carbons (Fsp3) is 0.222. The van der Waals surface area contributed by atoms with E-state index in [9.17, 15) is 9.59 Å². The number of nitrogens with one attached hydrogen (secondary N) is 3. The molecule has 1 saturated heterocycles. The Kier molecular flexibility index (Phi) is 4.76. The number of para-hydroxylation sites is 2. The van der Waals surface area contributed by atoms with E-state index in [1.807, 2.05) is 31.2 Å². The van der Waals surface area contributed by atoms with Gasteiger partial charge in [0.2, 0.25) is 5.91 Å². The summed E-state index contributed by atoms with van der Waals surface area (Å²) in [5.74, 6) is -0.337. The minimum absolute atomic E-state index is 0.266. The summed E-state index contributed by atoms with van der Waals surface area (Å²) in [7, 11) is 1.55. The Morgan fingerprint density at radius 2 is 2.04 bits per heavy atom. The van der Waals surface area contributed by atoms with Gasteiger partial charge in [0, 0.05) is 15.5 Å². The molecule has 130 valence electrons. The summed E-state index contributed by atoms with van der Waals surface area (Å²) >= 11 is 1.55. The molecule has 25 heavy (non-hydrogen) atoms. The molecule has 1 aliphatic heterocycles. The summed E-state index contributed by atoms with van der Waals surface area (Å²) in [6, 6.07) is 10.2. The number of methoxy groups -OCH3 is 1. The molecule has 0 unspecified atom stereocenters. The van der Waals surface area contributed by atoms with Crippen LogP contribution in [0.5, 0.6) is 5.75 Å². The molecule has 2 aromatic rings. The van der Waals surface area contributed by atoms with E-state index in [1.54, 1.807) is 30.6 Å². The van der Waals surface area contributed by atoms with Crippen molar-refractivity contribution in [3.63, 3.8) is 0 Å². The molecule has 0 radical (unpaired) electrons. The number of hydrogen-bond donors (Lipinski definition) is 3. The molecule has 2 heterocycles. The number of anilines is 1. The van der Waals surface area contributed by atoms with Crippen molar-refractivity contribution in [2.45, 2.75) is 13.0 Å². The van der Waals surface area contributed by atoms with E-state index < -0.39 is 12.0 Å². The van der Waals surface area contributed by atoms with Crippen LogP contribution in [0.15, 0.2) is 48.7 Å². The number of rotatable bonds is 4. The van der Waals surface area contributed by atoms with Crippen LogP contribution in [-0.2, 0) is 4.79 Å². The van der Waals surface area contributed by atoms with Gasteiger partial charge in [-0.05, 0) is 31.2 Å². The normalized spacial score (nSPS) is 19.8. The van der Waals surface area contributed by atoms with E-state index >= 15 is 0 Å². The Hall–Kier alpha value is -2.80. The number of ether oxygens (including phenoxy) is 1. The highest BCUT2D eigenvalue weighted by atomic mass is 32.1. The van der Waals surface area contributed by atoms with Crippen molar-refractivity contribution in [3.05, 3.63) is 58.4 Å². The fourth-order valence-electron chi connectivity index (χ4n) is 2.81. The Balaban J connectivity index is 1.89. The number of hydrogen-bond acceptors (Lipinski definition) is 4. The van der Waals surface area contributed by atoms with Crippen molar-refractivity contribution in [1.29, 1.82) is 0 Å². The molecule has 0 bridgehead atoms. The summed E-state index contributed by atoms with van der Waals surface area (Å²) in [4.78, 5) is 26.8. The first-order valence-electron chi connectivity index (χ1n) is 7.76. The van der Waals surface area contributed by atoms with Crippen molar-refractivity contribution in [2.75, 3.05) is 12.4 Å². The molecule has 3 amide bonds. The smallest absolute Gasteiger partial charge is 0.319 e. The van der Waals surface area contributed by atoms with Gasteiger partial charge in [0.15, 0.2) is 0 Å². The zero-order chi connectivity index (χ0) is 18.0. The minimum Gasteiger partial charge on any atom is -0.495 e. The number of aryl methyl sites for hydroxylation is 1. The molecule has 2 atom stereocenters. The fourth-order valence-corrected chi connectivity index (χ4v) is 3.78. The van der Waals surface area contributed by atoms with Gasteiger partial charge in [0.05, 0.1) is 18.8 Å². The molecule has 3 rings (SSSR count). The molecule has 1 fully saturated rings. The van der Waals surface area contributed by atoms with Gasteiger partial charge in [-0.2, -0.15) is 0 Å². The molecule has 1 aromatic carbocycles. The van der Waals surface area contributed by atoms with Crippen molar-refractivity contribution in [1.82, 2.24) is 10.6 Å². The second-order valence-electron chi connectivity index (χ2n) is 5.72. The number of amides is 3. The number of benzene rings is 1. The molecule has 6 nitrogen and oxygen atoms in total. The zero-order valence-corrected chi connectivity index (χ0v) is 14.8. The Morgan fingerprint density at radius 1 is 1.28 bits per heavy atom. The molecule has 7 heteroatoms. The van der Waals surface area contributed by atoms with Crippen LogP contribution < -0.4 is 20.7 Å². The first-order chi connectivity index (χ1) is 12.0. The van der Waals surface area contributed by atoms with Crippen LogP contribution in [0.3, 0.4) is 0 Å². The van der Waals surface area contributed by atoms with Gasteiger partial charge in [0.25, 0.3) is 0 Å². The molecular weight excluding hydrogens is 338 g/mol. The lowest BCUT2D eigenvalue weighted by Gasteiger charge is -2.33. The molecule has 0 saturated carbocycles. The number of carbonyl (C=O) groups excluding carboxylic acids is 2. The average molecular weight is 357 g/mol. The van der Waals surface area contributed by atoms with E-state index in [0.29, 0.717) is 17.1 Å². The zero-order valence-electron chi connectivity index (χ0n) is 14.0. The lowest BCUT2D eigenvalue weighted by molar-refractivity contribution is -0.119. The number of urea groups is 1. The largest absolute Gasteiger partial charge is 0.495 e. The van der Waals surface area contributed by atoms with Gasteiger partial charge < -0.3 is 20.7 Å². The quantitative estimate of drug-likeness (QED) is 0.786. The maximum Gasteiger partial charge on any atom is 0.319 e. The highest BCUT2D eigenvalue weighted by molar-refractivity contribution is 7.12. The molecule has 1 aromatic heterocycles. The van der Waals surface area contributed by atoms with Crippen LogP contribution in [0.2, 0.25) is 0 Å². The first kappa shape index (κ1) is 17.0. The van der Waals surface area contributed by atoms with E-state index in [4.69, 9.17) is 4.74 Å². The third kappa shape index (κ3) is 3.51. The summed E-state index contributed by atoms with van der Waals surface area (Å²) in [5, 5.41) is 8.30. The third-order valence-electron chi connectivity index (χ3n) is 3.98. The predicted molar refractivity (Wildman–Crippen MR) is 97.7 cm³/mol. The van der Waals surface area contributed by atoms with Crippen molar-refractivity contribution in [2.24, 2.45) is 5.92 Å². The third-order valence-corrected chi connectivity index (χ3v) is 5.07. The lowest BCUT2D eigenvalue weighted by atomic mass is 9.92. The Labute approximate surface area is 149 Å². The van der Waals surface area contributed by atoms with Gasteiger partial charge in [-0.3, -0.25) is 4.79 Å². The second kappa shape index (κ2) is 6.98. The van der Waals surface area contributed by atoms with Crippen LogP contribution in [0.1, 0.15) is 15.8 Å². The Morgan fingerprint density at radius 3 is 2.72 bits per heavy atom. The highest BCUT2D eigenvalue weighted by Crippen LogP contribution is 2.35. The number of carbonyl (C=O) groups is 2. The minimum atomic E-state index is -0.638. The standard InChI is InChI=1S/C18H19N3O3S/c1-10-8-9-14(25-10)16-15(11(2)19-18(23)21-16)17(22)20-12-6-4-5-7-13(12)24-3/h4-9,15-16H,2H2,1,3H3,(H,20,22)(H2,19,21,23)/t15-,16+/m1/s1. The topological polar surface area (TPSA) is 79.5 Å². The summed E-state index contributed by atoms with van der Waals surface area (Å²) in [6.07, 6.45) is 0. The van der Waals surface area contributed by atoms with Crippen LogP contribution in [0.4, 0.5) is 10.5 Å². The predicted octanol–water partition coefficient (Wildman–Crippen LogP) is 3.19. The van der Waals surface area contributed by atoms with Crippen molar-refractivity contribution >= 4 is 29.0 Å². The van der Waals surface area contributed by atoms with Crippen LogP contribution in [-0.4, -0.2) is 19.0 Å². The van der Waals surface area contributed by atoms with Gasteiger partial charge in [-0.15, -0.1) is 11.3 Å². The second-order valence-corrected chi connectivity index (χ2v) is 7.04. The van der Waals surface area contributed by atoms with E-state index in [-0.39, 0.29) is 11.9 Å². The average Bonchev–Trinajstić information content (AvgIpc) is 3.01. The molecular formula is C18H19N3O3S. The summed E-state index contributed by atoms with van der Waals surface area (Å²) in [5.41, 5.74) is 0.938. The SMILES string of the molecule is C=C1NC(=O)N[C@@H](c2ccc(C)s2)[C@@H]1C(=O)Nc1ccccc1OC. The van der Waals surface area contributed by atoms with Gasteiger partial charge in [0.1, 0.15) is 11.7 Å². The van der Waals surface area contributed by atoms with Gasteiger partial charge in [-0.1, -0.05) is 18.7 Å². The van der Waals surface area contributed by atoms with Crippen molar-refractivity contribution < 1.29 is 14.3 Å². The Bertz CT molecular complexity index is 830. The van der Waals surface area contributed by atoms with Gasteiger partial charge in [-0.25, -0.2) is 4.79 Å². The van der Waals surface area contributed by atoms with Gasteiger partial charge >= 0.3 is 6.03 Å². The first-order valence-corrected chi connectivity index (χ1v) is 8.57. The molecule has 0 spiro atoms. The van der Waals surface area contributed by atoms with Crippen molar-refractivity contribution in [3.8, 4) is 5.75 Å². The van der Waals surface area contributed by atoms with E-state index in [1.165, 1.54) is 0 Å². The monoisotopic (exact) mass is 357 g/mol.